The van der Waals surface area contributed by atoms with E-state index in [2.05, 4.69) is 14.9 Å². The SMILES string of the molecule is O=C(Nc1cnns1)c1ccc([N+](=O)[O-])c(Cl)c1. The number of rotatable bonds is 3. The van der Waals surface area contributed by atoms with Crippen molar-refractivity contribution >= 4 is 39.7 Å². The molecular formula is C9H5ClN4O3S. The van der Waals surface area contributed by atoms with E-state index in [4.69, 9.17) is 11.6 Å². The topological polar surface area (TPSA) is 98.0 Å². The summed E-state index contributed by atoms with van der Waals surface area (Å²) in [7, 11) is 0. The van der Waals surface area contributed by atoms with Crippen molar-refractivity contribution in [3.8, 4) is 0 Å². The van der Waals surface area contributed by atoms with Crippen LogP contribution in [0.1, 0.15) is 10.4 Å². The summed E-state index contributed by atoms with van der Waals surface area (Å²) < 4.78 is 3.59. The first kappa shape index (κ1) is 12.4. The summed E-state index contributed by atoms with van der Waals surface area (Å²) >= 11 is 6.73. The van der Waals surface area contributed by atoms with Crippen LogP contribution in [0.4, 0.5) is 10.7 Å². The number of hydrogen-bond acceptors (Lipinski definition) is 6. The molecule has 2 rings (SSSR count). The first-order valence-corrected chi connectivity index (χ1v) is 5.75. The van der Waals surface area contributed by atoms with E-state index < -0.39 is 10.8 Å². The molecule has 0 radical (unpaired) electrons. The number of carbonyl (C=O) groups is 1. The van der Waals surface area contributed by atoms with E-state index in [9.17, 15) is 14.9 Å². The lowest BCUT2D eigenvalue weighted by atomic mass is 10.2. The Hall–Kier alpha value is -2.06. The Bertz CT molecular complexity index is 602. The van der Waals surface area contributed by atoms with E-state index in [1.807, 2.05) is 0 Å². The molecule has 92 valence electrons. The van der Waals surface area contributed by atoms with E-state index in [0.717, 1.165) is 11.5 Å². The highest BCUT2D eigenvalue weighted by Crippen LogP contribution is 2.25. The molecule has 2 aromatic rings. The van der Waals surface area contributed by atoms with Crippen molar-refractivity contribution in [1.29, 1.82) is 0 Å². The van der Waals surface area contributed by atoms with Gasteiger partial charge in [-0.25, -0.2) is 0 Å². The van der Waals surface area contributed by atoms with Crippen molar-refractivity contribution in [2.45, 2.75) is 0 Å². The number of halogens is 1. The van der Waals surface area contributed by atoms with Crippen molar-refractivity contribution in [1.82, 2.24) is 9.59 Å². The predicted molar refractivity (Wildman–Crippen MR) is 66.0 cm³/mol. The maximum Gasteiger partial charge on any atom is 0.287 e. The van der Waals surface area contributed by atoms with Crippen molar-refractivity contribution in [3.05, 3.63) is 45.1 Å². The van der Waals surface area contributed by atoms with E-state index in [1.54, 1.807) is 0 Å². The fourth-order valence-electron chi connectivity index (χ4n) is 1.20. The number of anilines is 1. The van der Waals surface area contributed by atoms with Crippen LogP contribution >= 0.6 is 23.1 Å². The van der Waals surface area contributed by atoms with E-state index in [-0.39, 0.29) is 16.3 Å². The molecule has 1 amide bonds. The summed E-state index contributed by atoms with van der Waals surface area (Å²) in [5, 5.41) is 17.1. The van der Waals surface area contributed by atoms with Crippen LogP contribution < -0.4 is 5.32 Å². The molecule has 0 aliphatic rings. The van der Waals surface area contributed by atoms with Gasteiger partial charge in [-0.3, -0.25) is 14.9 Å². The van der Waals surface area contributed by atoms with Crippen molar-refractivity contribution < 1.29 is 9.72 Å². The van der Waals surface area contributed by atoms with Crippen LogP contribution in [-0.4, -0.2) is 20.4 Å². The highest BCUT2D eigenvalue weighted by Gasteiger charge is 2.15. The Balaban J connectivity index is 2.21. The number of nitrogens with zero attached hydrogens (tertiary/aromatic N) is 3. The van der Waals surface area contributed by atoms with Crippen molar-refractivity contribution in [3.63, 3.8) is 0 Å². The molecular weight excluding hydrogens is 280 g/mol. The van der Waals surface area contributed by atoms with Gasteiger partial charge in [-0.1, -0.05) is 16.1 Å². The minimum atomic E-state index is -0.614. The third-order valence-electron chi connectivity index (χ3n) is 2.00. The second kappa shape index (κ2) is 5.07. The second-order valence-corrected chi connectivity index (χ2v) is 4.35. The lowest BCUT2D eigenvalue weighted by Gasteiger charge is -2.02. The first-order valence-electron chi connectivity index (χ1n) is 4.60. The van der Waals surface area contributed by atoms with Gasteiger partial charge < -0.3 is 5.32 Å². The summed E-state index contributed by atoms with van der Waals surface area (Å²) in [6.45, 7) is 0. The molecule has 0 saturated carbocycles. The Morgan fingerprint density at radius 1 is 1.50 bits per heavy atom. The van der Waals surface area contributed by atoms with Gasteiger partial charge in [0.05, 0.1) is 11.1 Å². The number of benzene rings is 1. The van der Waals surface area contributed by atoms with Gasteiger partial charge in [0.25, 0.3) is 11.6 Å². The molecule has 0 bridgehead atoms. The highest BCUT2D eigenvalue weighted by atomic mass is 35.5. The average molecular weight is 285 g/mol. The van der Waals surface area contributed by atoms with Gasteiger partial charge >= 0.3 is 0 Å². The molecule has 0 spiro atoms. The lowest BCUT2D eigenvalue weighted by Crippen LogP contribution is -2.11. The minimum Gasteiger partial charge on any atom is -0.311 e. The molecule has 0 aliphatic carbocycles. The molecule has 0 saturated heterocycles. The van der Waals surface area contributed by atoms with E-state index >= 15 is 0 Å². The fourth-order valence-corrected chi connectivity index (χ4v) is 1.87. The number of nitro groups is 1. The van der Waals surface area contributed by atoms with Gasteiger partial charge in [0, 0.05) is 23.2 Å². The summed E-state index contributed by atoms with van der Waals surface area (Å²) in [5.41, 5.74) is -0.0216. The summed E-state index contributed by atoms with van der Waals surface area (Å²) in [5.74, 6) is -0.433. The van der Waals surface area contributed by atoms with Crippen molar-refractivity contribution in [2.24, 2.45) is 0 Å². The summed E-state index contributed by atoms with van der Waals surface area (Å²) in [4.78, 5) is 21.7. The first-order chi connectivity index (χ1) is 8.58. The molecule has 1 aromatic carbocycles. The number of nitro benzene ring substituents is 1. The lowest BCUT2D eigenvalue weighted by molar-refractivity contribution is -0.384. The summed E-state index contributed by atoms with van der Waals surface area (Å²) in [6, 6.07) is 3.75. The molecule has 1 aromatic heterocycles. The van der Waals surface area contributed by atoms with Crippen molar-refractivity contribution in [2.75, 3.05) is 5.32 Å². The number of nitrogens with one attached hydrogen (secondary N) is 1. The Morgan fingerprint density at radius 3 is 2.83 bits per heavy atom. The molecule has 0 unspecified atom stereocenters. The van der Waals surface area contributed by atoms with Crippen LogP contribution in [0.5, 0.6) is 0 Å². The van der Waals surface area contributed by atoms with Crippen LogP contribution in [0, 0.1) is 10.1 Å². The zero-order valence-electron chi connectivity index (χ0n) is 8.66. The molecule has 18 heavy (non-hydrogen) atoms. The predicted octanol–water partition coefficient (Wildman–Crippen LogP) is 2.35. The smallest absolute Gasteiger partial charge is 0.287 e. The molecule has 1 heterocycles. The number of hydrogen-bond donors (Lipinski definition) is 1. The zero-order chi connectivity index (χ0) is 13.1. The van der Waals surface area contributed by atoms with Crippen LogP contribution in [-0.2, 0) is 0 Å². The van der Waals surface area contributed by atoms with Crippen LogP contribution in [0.3, 0.4) is 0 Å². The van der Waals surface area contributed by atoms with E-state index in [1.165, 1.54) is 24.4 Å². The minimum absolute atomic E-state index is 0.0879. The number of carbonyl (C=O) groups excluding carboxylic acids is 1. The Kier molecular flexibility index (Phi) is 3.49. The Morgan fingerprint density at radius 2 is 2.28 bits per heavy atom. The molecule has 0 fully saturated rings. The largest absolute Gasteiger partial charge is 0.311 e. The van der Waals surface area contributed by atoms with Crippen LogP contribution in [0.15, 0.2) is 24.4 Å². The molecule has 9 heteroatoms. The number of amides is 1. The Labute approximate surface area is 110 Å². The molecule has 0 aliphatic heterocycles. The van der Waals surface area contributed by atoms with E-state index in [0.29, 0.717) is 5.00 Å². The maximum absolute atomic E-state index is 11.8. The molecule has 1 N–H and O–H groups in total. The molecule has 7 nitrogen and oxygen atoms in total. The van der Waals surface area contributed by atoms with Gasteiger partial charge in [-0.05, 0) is 12.1 Å². The van der Waals surface area contributed by atoms with Gasteiger partial charge in [0.15, 0.2) is 0 Å². The van der Waals surface area contributed by atoms with Gasteiger partial charge in [-0.2, -0.15) is 0 Å². The third kappa shape index (κ3) is 2.60. The normalized spacial score (nSPS) is 10.1. The quantitative estimate of drug-likeness (QED) is 0.689. The third-order valence-corrected chi connectivity index (χ3v) is 2.89. The summed E-state index contributed by atoms with van der Waals surface area (Å²) in [6.07, 6.45) is 1.40. The van der Waals surface area contributed by atoms with Gasteiger partial charge in [0.2, 0.25) is 0 Å². The maximum atomic E-state index is 11.8. The average Bonchev–Trinajstić information content (AvgIpc) is 2.81. The van der Waals surface area contributed by atoms with Crippen LogP contribution in [0.25, 0.3) is 0 Å². The fraction of sp³-hybridized carbons (Fsp3) is 0. The molecule has 0 atom stereocenters. The zero-order valence-corrected chi connectivity index (χ0v) is 10.2. The standard InChI is InChI=1S/C9H5ClN4O3S/c10-6-3-5(1-2-7(6)14(16)17)9(15)12-8-4-11-13-18-8/h1-4H,(H,12,15). The van der Waals surface area contributed by atoms with Gasteiger partial charge in [0.1, 0.15) is 10.0 Å². The highest BCUT2D eigenvalue weighted by molar-refractivity contribution is 7.10. The van der Waals surface area contributed by atoms with Gasteiger partial charge in [-0.15, -0.1) is 5.10 Å². The number of aromatic nitrogens is 2. The van der Waals surface area contributed by atoms with Crippen LogP contribution in [0.2, 0.25) is 5.02 Å². The monoisotopic (exact) mass is 284 g/mol. The second-order valence-electron chi connectivity index (χ2n) is 3.16.